The van der Waals surface area contributed by atoms with Crippen molar-refractivity contribution in [2.45, 2.75) is 13.0 Å². The van der Waals surface area contributed by atoms with Gasteiger partial charge in [-0.25, -0.2) is 8.42 Å². The molecule has 0 saturated carbocycles. The number of nitrogens with one attached hydrogen (secondary N) is 2. The second-order valence-corrected chi connectivity index (χ2v) is 5.82. The zero-order chi connectivity index (χ0) is 14.6. The van der Waals surface area contributed by atoms with Gasteiger partial charge in [0.25, 0.3) is 0 Å². The molecule has 0 aliphatic heterocycles. The smallest absolute Gasteiger partial charge is 0.241 e. The molecule has 1 aromatic rings. The molecular formula is C11H17N3O4S. The fraction of sp³-hybridized carbons (Fsp3) is 0.364. The number of nitrogens with two attached hydrogens (primary N) is 1. The van der Waals surface area contributed by atoms with Gasteiger partial charge >= 0.3 is 0 Å². The Bertz CT molecular complexity index is 569. The van der Waals surface area contributed by atoms with Crippen LogP contribution in [-0.2, 0) is 14.8 Å². The average Bonchev–Trinajstić information content (AvgIpc) is 2.29. The molecule has 0 fully saturated rings. The van der Waals surface area contributed by atoms with Crippen LogP contribution in [0.3, 0.4) is 0 Å². The molecule has 0 aliphatic rings. The van der Waals surface area contributed by atoms with Crippen molar-refractivity contribution in [3.63, 3.8) is 0 Å². The summed E-state index contributed by atoms with van der Waals surface area (Å²) < 4.78 is 29.7. The first-order chi connectivity index (χ1) is 8.73. The molecular weight excluding hydrogens is 270 g/mol. The standard InChI is InChI=1S/C11H17N3O4S/c1-7(12)11(15)13-8-4-5-9(10(6-8)18-2)14-19(3,16)17/h4-7,14H,12H2,1-3H3,(H,13,15)/t7-/m1/s1. The molecule has 1 amide bonds. The summed E-state index contributed by atoms with van der Waals surface area (Å²) in [4.78, 5) is 11.4. The number of rotatable bonds is 5. The minimum absolute atomic E-state index is 0.295. The van der Waals surface area contributed by atoms with Crippen LogP contribution in [0.15, 0.2) is 18.2 Å². The van der Waals surface area contributed by atoms with Crippen LogP contribution in [0.4, 0.5) is 11.4 Å². The Morgan fingerprint density at radius 3 is 2.53 bits per heavy atom. The Hall–Kier alpha value is -1.80. The summed E-state index contributed by atoms with van der Waals surface area (Å²) in [5.41, 5.74) is 6.20. The third-order valence-electron chi connectivity index (χ3n) is 2.18. The van der Waals surface area contributed by atoms with Crippen molar-refractivity contribution in [3.8, 4) is 5.75 Å². The molecule has 0 spiro atoms. The van der Waals surface area contributed by atoms with Crippen molar-refractivity contribution in [2.24, 2.45) is 5.73 Å². The number of benzene rings is 1. The number of ether oxygens (including phenoxy) is 1. The van der Waals surface area contributed by atoms with Gasteiger partial charge in [0.2, 0.25) is 15.9 Å². The monoisotopic (exact) mass is 287 g/mol. The Kier molecular flexibility index (Phi) is 4.73. The maximum absolute atomic E-state index is 11.4. The highest BCUT2D eigenvalue weighted by atomic mass is 32.2. The molecule has 0 heterocycles. The zero-order valence-electron chi connectivity index (χ0n) is 10.9. The molecule has 1 aromatic carbocycles. The predicted octanol–water partition coefficient (Wildman–Crippen LogP) is 0.352. The van der Waals surface area contributed by atoms with Crippen LogP contribution >= 0.6 is 0 Å². The Morgan fingerprint density at radius 1 is 1.42 bits per heavy atom. The maximum atomic E-state index is 11.4. The lowest BCUT2D eigenvalue weighted by atomic mass is 10.2. The number of methoxy groups -OCH3 is 1. The number of amides is 1. The van der Waals surface area contributed by atoms with Gasteiger partial charge < -0.3 is 15.8 Å². The van der Waals surface area contributed by atoms with Gasteiger partial charge in [0.1, 0.15) is 5.75 Å². The summed E-state index contributed by atoms with van der Waals surface area (Å²) in [6, 6.07) is 3.92. The minimum Gasteiger partial charge on any atom is -0.494 e. The van der Waals surface area contributed by atoms with Gasteiger partial charge in [-0.15, -0.1) is 0 Å². The van der Waals surface area contributed by atoms with Crippen LogP contribution in [0.5, 0.6) is 5.75 Å². The van der Waals surface area contributed by atoms with Crippen molar-refractivity contribution in [1.29, 1.82) is 0 Å². The van der Waals surface area contributed by atoms with E-state index < -0.39 is 16.1 Å². The third kappa shape index (κ3) is 4.76. The van der Waals surface area contributed by atoms with E-state index in [4.69, 9.17) is 10.5 Å². The third-order valence-corrected chi connectivity index (χ3v) is 2.77. The summed E-state index contributed by atoms with van der Waals surface area (Å²) in [5.74, 6) is -0.0428. The molecule has 1 atom stereocenters. The first-order valence-electron chi connectivity index (χ1n) is 5.45. The van der Waals surface area contributed by atoms with E-state index in [9.17, 15) is 13.2 Å². The van der Waals surface area contributed by atoms with E-state index in [0.29, 0.717) is 17.1 Å². The molecule has 7 nitrogen and oxygen atoms in total. The molecule has 19 heavy (non-hydrogen) atoms. The molecule has 0 unspecified atom stereocenters. The average molecular weight is 287 g/mol. The Balaban J connectivity index is 2.99. The van der Waals surface area contributed by atoms with Crippen molar-refractivity contribution < 1.29 is 17.9 Å². The van der Waals surface area contributed by atoms with Crippen molar-refractivity contribution in [3.05, 3.63) is 18.2 Å². The van der Waals surface area contributed by atoms with E-state index in [2.05, 4.69) is 10.0 Å². The summed E-state index contributed by atoms with van der Waals surface area (Å²) in [6.07, 6.45) is 1.04. The van der Waals surface area contributed by atoms with Crippen LogP contribution in [0, 0.1) is 0 Å². The highest BCUT2D eigenvalue weighted by molar-refractivity contribution is 7.92. The molecule has 0 saturated heterocycles. The van der Waals surface area contributed by atoms with Crippen LogP contribution in [0.25, 0.3) is 0 Å². The topological polar surface area (TPSA) is 111 Å². The van der Waals surface area contributed by atoms with Gasteiger partial charge in [-0.3, -0.25) is 9.52 Å². The second-order valence-electron chi connectivity index (χ2n) is 4.07. The lowest BCUT2D eigenvalue weighted by Gasteiger charge is -2.13. The molecule has 1 rings (SSSR count). The van der Waals surface area contributed by atoms with E-state index in [1.165, 1.54) is 19.2 Å². The van der Waals surface area contributed by atoms with Gasteiger partial charge in [-0.05, 0) is 19.1 Å². The Morgan fingerprint density at radius 2 is 2.05 bits per heavy atom. The van der Waals surface area contributed by atoms with E-state index in [1.54, 1.807) is 13.0 Å². The quantitative estimate of drug-likeness (QED) is 0.724. The largest absolute Gasteiger partial charge is 0.494 e. The second kappa shape index (κ2) is 5.89. The van der Waals surface area contributed by atoms with Gasteiger partial charge in [0.15, 0.2) is 0 Å². The molecule has 0 aromatic heterocycles. The molecule has 0 bridgehead atoms. The fourth-order valence-electron chi connectivity index (χ4n) is 1.31. The Labute approximate surface area is 112 Å². The van der Waals surface area contributed by atoms with Gasteiger partial charge in [-0.2, -0.15) is 0 Å². The molecule has 0 radical (unpaired) electrons. The molecule has 8 heteroatoms. The number of hydrogen-bond acceptors (Lipinski definition) is 5. The van der Waals surface area contributed by atoms with Gasteiger partial charge in [0, 0.05) is 11.8 Å². The number of carbonyl (C=O) groups excluding carboxylic acids is 1. The van der Waals surface area contributed by atoms with Crippen molar-refractivity contribution in [1.82, 2.24) is 0 Å². The lowest BCUT2D eigenvalue weighted by molar-refractivity contribution is -0.117. The highest BCUT2D eigenvalue weighted by Crippen LogP contribution is 2.28. The first-order valence-corrected chi connectivity index (χ1v) is 7.34. The lowest BCUT2D eigenvalue weighted by Crippen LogP contribution is -2.32. The fourth-order valence-corrected chi connectivity index (χ4v) is 1.88. The normalized spacial score (nSPS) is 12.6. The zero-order valence-corrected chi connectivity index (χ0v) is 11.7. The first kappa shape index (κ1) is 15.3. The van der Waals surface area contributed by atoms with Crippen LogP contribution < -0.4 is 20.5 Å². The van der Waals surface area contributed by atoms with Crippen molar-refractivity contribution in [2.75, 3.05) is 23.4 Å². The van der Waals surface area contributed by atoms with Crippen LogP contribution in [0.1, 0.15) is 6.92 Å². The van der Waals surface area contributed by atoms with E-state index in [0.717, 1.165) is 6.26 Å². The highest BCUT2D eigenvalue weighted by Gasteiger charge is 2.12. The van der Waals surface area contributed by atoms with Crippen molar-refractivity contribution >= 4 is 27.3 Å². The van der Waals surface area contributed by atoms with Gasteiger partial charge in [-0.1, -0.05) is 0 Å². The number of hydrogen-bond donors (Lipinski definition) is 3. The number of carbonyl (C=O) groups is 1. The summed E-state index contributed by atoms with van der Waals surface area (Å²) in [7, 11) is -1.99. The predicted molar refractivity (Wildman–Crippen MR) is 73.7 cm³/mol. The SMILES string of the molecule is COc1cc(NC(=O)[C@@H](C)N)ccc1NS(C)(=O)=O. The van der Waals surface area contributed by atoms with E-state index in [1.807, 2.05) is 0 Å². The number of sulfonamides is 1. The maximum Gasteiger partial charge on any atom is 0.241 e. The number of anilines is 2. The molecule has 106 valence electrons. The molecule has 4 N–H and O–H groups in total. The van der Waals surface area contributed by atoms with E-state index in [-0.39, 0.29) is 5.91 Å². The summed E-state index contributed by atoms with van der Waals surface area (Å²) in [6.45, 7) is 1.56. The molecule has 0 aliphatic carbocycles. The summed E-state index contributed by atoms with van der Waals surface area (Å²) in [5, 5.41) is 2.58. The van der Waals surface area contributed by atoms with Gasteiger partial charge in [0.05, 0.1) is 25.1 Å². The summed E-state index contributed by atoms with van der Waals surface area (Å²) >= 11 is 0. The van der Waals surface area contributed by atoms with Crippen LogP contribution in [0.2, 0.25) is 0 Å². The van der Waals surface area contributed by atoms with Crippen LogP contribution in [-0.4, -0.2) is 33.7 Å². The van der Waals surface area contributed by atoms with E-state index >= 15 is 0 Å². The minimum atomic E-state index is -3.40.